The summed E-state index contributed by atoms with van der Waals surface area (Å²) in [6.07, 6.45) is 6.61. The summed E-state index contributed by atoms with van der Waals surface area (Å²) in [6, 6.07) is 6.49. The van der Waals surface area contributed by atoms with Gasteiger partial charge in [0.2, 0.25) is 5.91 Å². The van der Waals surface area contributed by atoms with Crippen LogP contribution in [-0.2, 0) is 9.53 Å². The Balaban J connectivity index is 1.62. The zero-order chi connectivity index (χ0) is 17.1. The fraction of sp³-hybridized carbons (Fsp3) is 0.650. The average molecular weight is 343 g/mol. The largest absolute Gasteiger partial charge is 0.381 e. The smallest absolute Gasteiger partial charge is 0.227 e. The number of benzene rings is 1. The lowest BCUT2D eigenvalue weighted by atomic mass is 9.99. The topological polar surface area (TPSA) is 44.8 Å². The Hall–Kier alpha value is -1.75. The van der Waals surface area contributed by atoms with E-state index in [4.69, 9.17) is 4.74 Å². The van der Waals surface area contributed by atoms with Gasteiger partial charge in [-0.05, 0) is 50.7 Å². The molecule has 3 fully saturated rings. The van der Waals surface area contributed by atoms with Gasteiger partial charge in [-0.3, -0.25) is 4.79 Å². The Bertz CT molecular complexity index is 567. The molecule has 25 heavy (non-hydrogen) atoms. The van der Waals surface area contributed by atoms with Crippen molar-refractivity contribution in [3.8, 4) is 0 Å². The minimum Gasteiger partial charge on any atom is -0.381 e. The Labute approximate surface area is 150 Å². The van der Waals surface area contributed by atoms with Crippen molar-refractivity contribution in [3.05, 3.63) is 18.2 Å². The Morgan fingerprint density at radius 1 is 0.920 bits per heavy atom. The van der Waals surface area contributed by atoms with Gasteiger partial charge in [0.1, 0.15) is 0 Å². The summed E-state index contributed by atoms with van der Waals surface area (Å²) in [7, 11) is 0. The van der Waals surface area contributed by atoms with Gasteiger partial charge in [-0.1, -0.05) is 6.07 Å². The molecule has 0 unspecified atom stereocenters. The third kappa shape index (κ3) is 3.61. The molecule has 0 spiro atoms. The zero-order valence-corrected chi connectivity index (χ0v) is 15.0. The third-order valence-corrected chi connectivity index (χ3v) is 5.75. The number of hydrogen-bond donors (Lipinski definition) is 1. The summed E-state index contributed by atoms with van der Waals surface area (Å²) in [5.74, 6) is 0.238. The predicted molar refractivity (Wildman–Crippen MR) is 102 cm³/mol. The van der Waals surface area contributed by atoms with E-state index in [1.54, 1.807) is 0 Å². The van der Waals surface area contributed by atoms with Gasteiger partial charge in [0.05, 0.1) is 17.1 Å². The molecule has 5 heteroatoms. The number of nitrogens with zero attached hydrogens (tertiary/aromatic N) is 2. The summed E-state index contributed by atoms with van der Waals surface area (Å²) in [5.41, 5.74) is 3.42. The Morgan fingerprint density at radius 3 is 1.96 bits per heavy atom. The molecule has 0 saturated carbocycles. The number of para-hydroxylation sites is 1. The molecule has 136 valence electrons. The van der Waals surface area contributed by atoms with Gasteiger partial charge < -0.3 is 19.9 Å². The SMILES string of the molecule is O=C(Nc1c(N2CCCC2)cccc1N1CCCC1)C1CCOCC1. The maximum Gasteiger partial charge on any atom is 0.227 e. The molecule has 1 aromatic rings. The molecule has 3 aliphatic rings. The van der Waals surface area contributed by atoms with E-state index in [0.29, 0.717) is 13.2 Å². The molecule has 0 bridgehead atoms. The summed E-state index contributed by atoms with van der Waals surface area (Å²) >= 11 is 0. The first-order valence-corrected chi connectivity index (χ1v) is 9.84. The average Bonchev–Trinajstić information content (AvgIpc) is 3.36. The molecule has 0 aromatic heterocycles. The van der Waals surface area contributed by atoms with Gasteiger partial charge in [0.25, 0.3) is 0 Å². The number of anilines is 3. The summed E-state index contributed by atoms with van der Waals surface area (Å²) in [4.78, 5) is 17.8. The molecule has 4 rings (SSSR count). The fourth-order valence-electron chi connectivity index (χ4n) is 4.28. The van der Waals surface area contributed by atoms with Crippen LogP contribution in [0.2, 0.25) is 0 Å². The molecule has 1 aromatic carbocycles. The van der Waals surface area contributed by atoms with Crippen LogP contribution in [0.3, 0.4) is 0 Å². The first kappa shape index (κ1) is 16.7. The van der Waals surface area contributed by atoms with Crippen LogP contribution in [0.5, 0.6) is 0 Å². The number of nitrogens with one attached hydrogen (secondary N) is 1. The van der Waals surface area contributed by atoms with Gasteiger partial charge in [-0.15, -0.1) is 0 Å². The lowest BCUT2D eigenvalue weighted by Crippen LogP contribution is -2.31. The first-order valence-electron chi connectivity index (χ1n) is 9.84. The van der Waals surface area contributed by atoms with Crippen molar-refractivity contribution in [2.45, 2.75) is 38.5 Å². The quantitative estimate of drug-likeness (QED) is 0.911. The third-order valence-electron chi connectivity index (χ3n) is 5.75. The normalized spacial score (nSPS) is 21.8. The monoisotopic (exact) mass is 343 g/mol. The fourth-order valence-corrected chi connectivity index (χ4v) is 4.28. The van der Waals surface area contributed by atoms with Crippen molar-refractivity contribution in [2.24, 2.45) is 5.92 Å². The molecule has 3 saturated heterocycles. The minimum atomic E-state index is 0.0758. The van der Waals surface area contributed by atoms with Crippen LogP contribution in [0.1, 0.15) is 38.5 Å². The summed E-state index contributed by atoms with van der Waals surface area (Å²) < 4.78 is 5.41. The van der Waals surface area contributed by atoms with Crippen LogP contribution >= 0.6 is 0 Å². The van der Waals surface area contributed by atoms with Crippen LogP contribution in [-0.4, -0.2) is 45.3 Å². The van der Waals surface area contributed by atoms with Crippen LogP contribution in [0.4, 0.5) is 17.1 Å². The summed E-state index contributed by atoms with van der Waals surface area (Å²) in [5, 5.41) is 3.32. The van der Waals surface area contributed by atoms with Gasteiger partial charge in [-0.25, -0.2) is 0 Å². The molecule has 1 N–H and O–H groups in total. The van der Waals surface area contributed by atoms with Crippen molar-refractivity contribution in [1.82, 2.24) is 0 Å². The first-order chi connectivity index (χ1) is 12.3. The lowest BCUT2D eigenvalue weighted by Gasteiger charge is -2.29. The number of rotatable bonds is 4. The van der Waals surface area contributed by atoms with Gasteiger partial charge in [0.15, 0.2) is 0 Å². The predicted octanol–water partition coefficient (Wildman–Crippen LogP) is 3.25. The molecule has 0 radical (unpaired) electrons. The van der Waals surface area contributed by atoms with Crippen molar-refractivity contribution >= 4 is 23.0 Å². The van der Waals surface area contributed by atoms with Crippen molar-refractivity contribution in [1.29, 1.82) is 0 Å². The highest BCUT2D eigenvalue weighted by molar-refractivity contribution is 6.00. The van der Waals surface area contributed by atoms with E-state index in [2.05, 4.69) is 33.3 Å². The van der Waals surface area contributed by atoms with Crippen LogP contribution in [0.25, 0.3) is 0 Å². The minimum absolute atomic E-state index is 0.0758. The van der Waals surface area contributed by atoms with Gasteiger partial charge in [-0.2, -0.15) is 0 Å². The molecule has 5 nitrogen and oxygen atoms in total. The second-order valence-electron chi connectivity index (χ2n) is 7.44. The highest BCUT2D eigenvalue weighted by atomic mass is 16.5. The highest BCUT2D eigenvalue weighted by Gasteiger charge is 2.27. The van der Waals surface area contributed by atoms with E-state index < -0.39 is 0 Å². The van der Waals surface area contributed by atoms with E-state index in [1.807, 2.05) is 0 Å². The van der Waals surface area contributed by atoms with Gasteiger partial charge >= 0.3 is 0 Å². The van der Waals surface area contributed by atoms with Crippen molar-refractivity contribution in [2.75, 3.05) is 54.5 Å². The number of carbonyl (C=O) groups is 1. The molecule has 0 atom stereocenters. The van der Waals surface area contributed by atoms with E-state index in [1.165, 1.54) is 37.1 Å². The van der Waals surface area contributed by atoms with Crippen LogP contribution in [0, 0.1) is 5.92 Å². The van der Waals surface area contributed by atoms with Crippen molar-refractivity contribution < 1.29 is 9.53 Å². The van der Waals surface area contributed by atoms with E-state index in [-0.39, 0.29) is 11.8 Å². The van der Waals surface area contributed by atoms with Crippen LogP contribution in [0.15, 0.2) is 18.2 Å². The standard InChI is InChI=1S/C20H29N3O2/c24-20(16-8-14-25-15-9-16)21-19-17(22-10-1-2-11-22)6-5-7-18(19)23-12-3-4-13-23/h5-7,16H,1-4,8-15H2,(H,21,24). The molecular formula is C20H29N3O2. The Kier molecular flexibility index (Phi) is 5.11. The molecule has 1 amide bonds. The number of ether oxygens (including phenoxy) is 1. The summed E-state index contributed by atoms with van der Waals surface area (Å²) in [6.45, 7) is 5.75. The van der Waals surface area contributed by atoms with E-state index in [9.17, 15) is 4.79 Å². The van der Waals surface area contributed by atoms with Gasteiger partial charge in [0, 0.05) is 45.3 Å². The van der Waals surface area contributed by atoms with Crippen LogP contribution < -0.4 is 15.1 Å². The lowest BCUT2D eigenvalue weighted by molar-refractivity contribution is -0.122. The number of hydrogen-bond acceptors (Lipinski definition) is 4. The zero-order valence-electron chi connectivity index (χ0n) is 15.0. The van der Waals surface area contributed by atoms with E-state index >= 15 is 0 Å². The number of carbonyl (C=O) groups excluding carboxylic acids is 1. The Morgan fingerprint density at radius 2 is 1.44 bits per heavy atom. The van der Waals surface area contributed by atoms with Crippen molar-refractivity contribution in [3.63, 3.8) is 0 Å². The molecule has 3 heterocycles. The molecule has 0 aliphatic carbocycles. The number of amides is 1. The molecular weight excluding hydrogens is 314 g/mol. The maximum atomic E-state index is 12.9. The molecule has 3 aliphatic heterocycles. The second kappa shape index (κ2) is 7.65. The second-order valence-corrected chi connectivity index (χ2v) is 7.44. The maximum absolute atomic E-state index is 12.9. The highest BCUT2D eigenvalue weighted by Crippen LogP contribution is 2.39. The van der Waals surface area contributed by atoms with E-state index in [0.717, 1.165) is 44.7 Å².